The van der Waals surface area contributed by atoms with Gasteiger partial charge >= 0.3 is 0 Å². The summed E-state index contributed by atoms with van der Waals surface area (Å²) in [6.07, 6.45) is 0. The van der Waals surface area contributed by atoms with E-state index in [-0.39, 0.29) is 16.1 Å². The second kappa shape index (κ2) is 4.64. The van der Waals surface area contributed by atoms with Gasteiger partial charge in [0.2, 0.25) is 0 Å². The van der Waals surface area contributed by atoms with Crippen LogP contribution >= 0.6 is 11.8 Å². The van der Waals surface area contributed by atoms with E-state index < -0.39 is 4.92 Å². The molecule has 1 aliphatic rings. The Hall–Kier alpha value is -2.34. The molecule has 0 unspecified atom stereocenters. The van der Waals surface area contributed by atoms with E-state index in [1.54, 1.807) is 12.1 Å². The standard InChI is InChI=1S/C14H11N3O2S/c15-14(16)20-13-11-4-2-1-3-9(11)10-6-5-8(17(18)19)7-12(10)13/h1-7,13H,(H3,15,16)/t13-/m0/s1. The number of fused-ring (bicyclic) bond motifs is 3. The summed E-state index contributed by atoms with van der Waals surface area (Å²) >= 11 is 1.21. The van der Waals surface area contributed by atoms with Crippen molar-refractivity contribution in [3.63, 3.8) is 0 Å². The van der Waals surface area contributed by atoms with Crippen LogP contribution in [-0.2, 0) is 0 Å². The fourth-order valence-corrected chi connectivity index (χ4v) is 3.43. The third-order valence-corrected chi connectivity index (χ3v) is 4.30. The molecule has 3 rings (SSSR count). The first-order chi connectivity index (χ1) is 9.58. The fourth-order valence-electron chi connectivity index (χ4n) is 2.52. The lowest BCUT2D eigenvalue weighted by Crippen LogP contribution is -2.07. The number of hydrogen-bond donors (Lipinski definition) is 2. The molecule has 0 aliphatic heterocycles. The Morgan fingerprint density at radius 1 is 1.20 bits per heavy atom. The summed E-state index contributed by atoms with van der Waals surface area (Å²) in [5.74, 6) is 0. The molecule has 0 radical (unpaired) electrons. The fraction of sp³-hybridized carbons (Fsp3) is 0.0714. The number of hydrogen-bond acceptors (Lipinski definition) is 4. The maximum absolute atomic E-state index is 10.9. The van der Waals surface area contributed by atoms with E-state index in [1.165, 1.54) is 17.8 Å². The SMILES string of the molecule is N=C(N)S[C@H]1c2ccccc2-c2ccc([N+](=O)[O-])cc21. The van der Waals surface area contributed by atoms with Crippen molar-refractivity contribution in [2.45, 2.75) is 5.25 Å². The van der Waals surface area contributed by atoms with E-state index in [2.05, 4.69) is 0 Å². The Kier molecular flexibility index (Phi) is 2.94. The summed E-state index contributed by atoms with van der Waals surface area (Å²) in [6, 6.07) is 12.7. The Balaban J connectivity index is 2.19. The minimum Gasteiger partial charge on any atom is -0.379 e. The molecule has 0 heterocycles. The van der Waals surface area contributed by atoms with Crippen molar-refractivity contribution in [2.24, 2.45) is 5.73 Å². The molecule has 0 saturated heterocycles. The van der Waals surface area contributed by atoms with Crippen LogP contribution in [0.3, 0.4) is 0 Å². The molecular formula is C14H11N3O2S. The minimum atomic E-state index is -0.404. The highest BCUT2D eigenvalue weighted by Crippen LogP contribution is 2.50. The van der Waals surface area contributed by atoms with E-state index in [9.17, 15) is 10.1 Å². The smallest absolute Gasteiger partial charge is 0.269 e. The van der Waals surface area contributed by atoms with E-state index in [0.29, 0.717) is 0 Å². The van der Waals surface area contributed by atoms with Crippen LogP contribution in [0, 0.1) is 15.5 Å². The van der Waals surface area contributed by atoms with Crippen LogP contribution in [0.15, 0.2) is 42.5 Å². The average Bonchev–Trinajstić information content (AvgIpc) is 2.73. The molecular weight excluding hydrogens is 274 g/mol. The highest BCUT2D eigenvalue weighted by atomic mass is 32.2. The van der Waals surface area contributed by atoms with Gasteiger partial charge in [0, 0.05) is 12.1 Å². The monoisotopic (exact) mass is 285 g/mol. The summed E-state index contributed by atoms with van der Waals surface area (Å²) in [6.45, 7) is 0. The molecule has 0 fully saturated rings. The lowest BCUT2D eigenvalue weighted by Gasteiger charge is -2.11. The third kappa shape index (κ3) is 1.94. The zero-order valence-corrected chi connectivity index (χ0v) is 11.2. The molecule has 2 aromatic rings. The molecule has 0 aromatic heterocycles. The van der Waals surface area contributed by atoms with Crippen LogP contribution in [0.4, 0.5) is 5.69 Å². The number of nitro benzene ring substituents is 1. The zero-order valence-electron chi connectivity index (χ0n) is 10.4. The summed E-state index contributed by atoms with van der Waals surface area (Å²) in [7, 11) is 0. The Bertz CT molecular complexity index is 730. The van der Waals surface area contributed by atoms with Crippen molar-refractivity contribution >= 4 is 22.6 Å². The molecule has 2 aromatic carbocycles. The summed E-state index contributed by atoms with van der Waals surface area (Å²) in [4.78, 5) is 10.5. The van der Waals surface area contributed by atoms with E-state index in [1.807, 2.05) is 24.3 Å². The molecule has 5 nitrogen and oxygen atoms in total. The lowest BCUT2D eigenvalue weighted by molar-refractivity contribution is -0.384. The van der Waals surface area contributed by atoms with Crippen LogP contribution in [-0.4, -0.2) is 10.1 Å². The van der Waals surface area contributed by atoms with Crippen LogP contribution in [0.5, 0.6) is 0 Å². The average molecular weight is 285 g/mol. The Morgan fingerprint density at radius 2 is 1.90 bits per heavy atom. The molecule has 100 valence electrons. The third-order valence-electron chi connectivity index (χ3n) is 3.31. The molecule has 0 bridgehead atoms. The van der Waals surface area contributed by atoms with Crippen molar-refractivity contribution in [1.82, 2.24) is 0 Å². The molecule has 6 heteroatoms. The van der Waals surface area contributed by atoms with Crippen molar-refractivity contribution in [1.29, 1.82) is 5.41 Å². The summed E-state index contributed by atoms with van der Waals surface area (Å²) < 4.78 is 0. The zero-order chi connectivity index (χ0) is 14.3. The number of amidine groups is 1. The first-order valence-electron chi connectivity index (χ1n) is 5.96. The van der Waals surface area contributed by atoms with Gasteiger partial charge in [-0.3, -0.25) is 15.5 Å². The first-order valence-corrected chi connectivity index (χ1v) is 6.84. The summed E-state index contributed by atoms with van der Waals surface area (Å²) in [5.41, 5.74) is 9.48. The molecule has 1 atom stereocenters. The molecule has 0 amide bonds. The number of non-ortho nitro benzene ring substituents is 1. The maximum atomic E-state index is 10.9. The maximum Gasteiger partial charge on any atom is 0.269 e. The predicted molar refractivity (Wildman–Crippen MR) is 79.9 cm³/mol. The molecule has 0 spiro atoms. The van der Waals surface area contributed by atoms with Crippen molar-refractivity contribution in [3.05, 3.63) is 63.7 Å². The quantitative estimate of drug-likeness (QED) is 0.383. The van der Waals surface area contributed by atoms with Gasteiger partial charge in [-0.15, -0.1) is 0 Å². The molecule has 0 saturated carbocycles. The molecule has 1 aliphatic carbocycles. The second-order valence-corrected chi connectivity index (χ2v) is 5.62. The van der Waals surface area contributed by atoms with Crippen LogP contribution in [0.25, 0.3) is 11.1 Å². The Labute approximate surface area is 119 Å². The minimum absolute atomic E-state index is 0.00385. The predicted octanol–water partition coefficient (Wildman–Crippen LogP) is 3.29. The van der Waals surface area contributed by atoms with Gasteiger partial charge in [0.1, 0.15) is 0 Å². The van der Waals surface area contributed by atoms with Gasteiger partial charge in [-0.1, -0.05) is 36.0 Å². The number of nitrogens with zero attached hydrogens (tertiary/aromatic N) is 1. The number of nitrogens with one attached hydrogen (secondary N) is 1. The highest BCUT2D eigenvalue weighted by molar-refractivity contribution is 8.14. The van der Waals surface area contributed by atoms with Crippen LogP contribution < -0.4 is 5.73 Å². The lowest BCUT2D eigenvalue weighted by atomic mass is 10.1. The van der Waals surface area contributed by atoms with Crippen LogP contribution in [0.1, 0.15) is 16.4 Å². The van der Waals surface area contributed by atoms with Gasteiger partial charge in [0.05, 0.1) is 10.2 Å². The first kappa shape index (κ1) is 12.7. The topological polar surface area (TPSA) is 93.0 Å². The highest BCUT2D eigenvalue weighted by Gasteiger charge is 2.31. The number of rotatable bonds is 2. The largest absolute Gasteiger partial charge is 0.379 e. The van der Waals surface area contributed by atoms with Gasteiger partial charge in [0.25, 0.3) is 5.69 Å². The van der Waals surface area contributed by atoms with Crippen molar-refractivity contribution in [2.75, 3.05) is 0 Å². The van der Waals surface area contributed by atoms with Crippen molar-refractivity contribution < 1.29 is 4.92 Å². The van der Waals surface area contributed by atoms with Gasteiger partial charge in [-0.2, -0.15) is 0 Å². The molecule has 3 N–H and O–H groups in total. The van der Waals surface area contributed by atoms with Crippen LogP contribution in [0.2, 0.25) is 0 Å². The van der Waals surface area contributed by atoms with E-state index in [4.69, 9.17) is 11.1 Å². The van der Waals surface area contributed by atoms with E-state index >= 15 is 0 Å². The van der Waals surface area contributed by atoms with Gasteiger partial charge in [-0.25, -0.2) is 0 Å². The van der Waals surface area contributed by atoms with Crippen molar-refractivity contribution in [3.8, 4) is 11.1 Å². The van der Waals surface area contributed by atoms with Gasteiger partial charge < -0.3 is 5.73 Å². The summed E-state index contributed by atoms with van der Waals surface area (Å²) in [5, 5.41) is 18.3. The number of thioether (sulfide) groups is 1. The van der Waals surface area contributed by atoms with Gasteiger partial charge in [-0.05, 0) is 28.3 Å². The number of benzene rings is 2. The normalized spacial score (nSPS) is 15.5. The van der Waals surface area contributed by atoms with Gasteiger partial charge in [0.15, 0.2) is 5.17 Å². The molecule has 20 heavy (non-hydrogen) atoms. The van der Waals surface area contributed by atoms with E-state index in [0.717, 1.165) is 22.3 Å². The number of nitrogens with two attached hydrogens (primary N) is 1. The Morgan fingerprint density at radius 3 is 2.60 bits per heavy atom. The number of nitro groups is 1. The second-order valence-electron chi connectivity index (χ2n) is 4.48.